The Hall–Kier alpha value is -2.20. The fourth-order valence-corrected chi connectivity index (χ4v) is 2.44. The third-order valence-corrected chi connectivity index (χ3v) is 3.99. The molecule has 1 saturated carbocycles. The average Bonchev–Trinajstić information content (AvgIpc) is 3.37. The molecule has 5 heteroatoms. The van der Waals surface area contributed by atoms with E-state index in [1.807, 2.05) is 12.1 Å². The van der Waals surface area contributed by atoms with Crippen molar-refractivity contribution in [1.29, 1.82) is 0 Å². The summed E-state index contributed by atoms with van der Waals surface area (Å²) in [5.74, 6) is 1.22. The van der Waals surface area contributed by atoms with Crippen LogP contribution in [0.1, 0.15) is 28.8 Å². The summed E-state index contributed by atoms with van der Waals surface area (Å²) in [6.45, 7) is 0.275. The number of carbonyl (C=O) groups is 1. The van der Waals surface area contributed by atoms with Crippen LogP contribution < -0.4 is 14.8 Å². The zero-order valence-corrected chi connectivity index (χ0v) is 13.6. The minimum absolute atomic E-state index is 0.0610. The van der Waals surface area contributed by atoms with Gasteiger partial charge in [-0.3, -0.25) is 4.79 Å². The molecule has 0 spiro atoms. The summed E-state index contributed by atoms with van der Waals surface area (Å²) in [7, 11) is 1.60. The highest BCUT2D eigenvalue weighted by Crippen LogP contribution is 2.27. The first-order valence-electron chi connectivity index (χ1n) is 7.52. The van der Waals surface area contributed by atoms with Gasteiger partial charge in [0.2, 0.25) is 0 Å². The zero-order chi connectivity index (χ0) is 16.2. The number of methoxy groups -OCH3 is 1. The maximum absolute atomic E-state index is 12.2. The second kappa shape index (κ2) is 6.92. The Morgan fingerprint density at radius 3 is 2.70 bits per heavy atom. The Balaban J connectivity index is 1.76. The van der Waals surface area contributed by atoms with E-state index < -0.39 is 0 Å². The predicted octanol–water partition coefficient (Wildman–Crippen LogP) is 3.82. The van der Waals surface area contributed by atoms with Gasteiger partial charge in [-0.05, 0) is 43.2 Å². The number of ether oxygens (including phenoxy) is 2. The van der Waals surface area contributed by atoms with Crippen molar-refractivity contribution in [1.82, 2.24) is 5.32 Å². The third kappa shape index (κ3) is 3.96. The molecule has 0 bridgehead atoms. The molecule has 1 aliphatic rings. The lowest BCUT2D eigenvalue weighted by Crippen LogP contribution is -2.25. The van der Waals surface area contributed by atoms with Crippen molar-refractivity contribution in [3.8, 4) is 11.5 Å². The van der Waals surface area contributed by atoms with E-state index in [1.54, 1.807) is 37.4 Å². The van der Waals surface area contributed by atoms with Gasteiger partial charge in [0, 0.05) is 17.2 Å². The Morgan fingerprint density at radius 2 is 2.00 bits per heavy atom. The van der Waals surface area contributed by atoms with Crippen LogP contribution in [0.4, 0.5) is 0 Å². The van der Waals surface area contributed by atoms with E-state index in [1.165, 1.54) is 0 Å². The van der Waals surface area contributed by atoms with Gasteiger partial charge in [0.1, 0.15) is 18.1 Å². The molecule has 0 aromatic heterocycles. The van der Waals surface area contributed by atoms with E-state index in [0.717, 1.165) is 18.4 Å². The van der Waals surface area contributed by atoms with Gasteiger partial charge in [0.15, 0.2) is 0 Å². The summed E-state index contributed by atoms with van der Waals surface area (Å²) < 4.78 is 11.1. The van der Waals surface area contributed by atoms with Gasteiger partial charge >= 0.3 is 0 Å². The lowest BCUT2D eigenvalue weighted by Gasteiger charge is -2.13. The van der Waals surface area contributed by atoms with E-state index in [0.29, 0.717) is 28.1 Å². The molecule has 1 fully saturated rings. The molecule has 0 saturated heterocycles. The molecule has 1 N–H and O–H groups in total. The maximum atomic E-state index is 12.2. The van der Waals surface area contributed by atoms with Crippen LogP contribution in [0, 0.1) is 0 Å². The highest BCUT2D eigenvalue weighted by Gasteiger charge is 2.24. The van der Waals surface area contributed by atoms with Gasteiger partial charge in [0.05, 0.1) is 12.1 Å². The molecule has 1 aliphatic carbocycles. The number of hydrogen-bond donors (Lipinski definition) is 1. The van der Waals surface area contributed by atoms with E-state index in [4.69, 9.17) is 21.1 Å². The second-order valence-electron chi connectivity index (χ2n) is 5.49. The first kappa shape index (κ1) is 15.7. The molecule has 2 aromatic carbocycles. The minimum atomic E-state index is -0.0610. The van der Waals surface area contributed by atoms with Gasteiger partial charge in [-0.15, -0.1) is 0 Å². The number of para-hydroxylation sites is 1. The van der Waals surface area contributed by atoms with Crippen LogP contribution in [0.2, 0.25) is 5.02 Å². The summed E-state index contributed by atoms with van der Waals surface area (Å²) in [4.78, 5) is 12.2. The molecule has 3 rings (SSSR count). The van der Waals surface area contributed by atoms with Crippen LogP contribution in [0.15, 0.2) is 42.5 Å². The van der Waals surface area contributed by atoms with Gasteiger partial charge in [-0.2, -0.15) is 0 Å². The molecule has 0 atom stereocenters. The monoisotopic (exact) mass is 331 g/mol. The van der Waals surface area contributed by atoms with Crippen molar-refractivity contribution >= 4 is 17.5 Å². The van der Waals surface area contributed by atoms with E-state index in [-0.39, 0.29) is 12.5 Å². The Kier molecular flexibility index (Phi) is 4.72. The lowest BCUT2D eigenvalue weighted by atomic mass is 10.1. The number of halogens is 1. The second-order valence-corrected chi connectivity index (χ2v) is 5.90. The van der Waals surface area contributed by atoms with E-state index in [9.17, 15) is 4.79 Å². The molecule has 0 heterocycles. The highest BCUT2D eigenvalue weighted by molar-refractivity contribution is 6.32. The standard InChI is InChI=1S/C18H18ClNO3/c1-22-16-9-6-12(18(21)20-14-7-8-14)10-13(16)11-23-17-5-3-2-4-15(17)19/h2-6,9-10,14H,7-8,11H2,1H3,(H,20,21). The number of nitrogens with one attached hydrogen (secondary N) is 1. The van der Waals surface area contributed by atoms with Crippen molar-refractivity contribution in [2.75, 3.05) is 7.11 Å². The average molecular weight is 332 g/mol. The zero-order valence-electron chi connectivity index (χ0n) is 12.8. The smallest absolute Gasteiger partial charge is 0.251 e. The van der Waals surface area contributed by atoms with Crippen LogP contribution in [-0.2, 0) is 6.61 Å². The number of rotatable bonds is 6. The Morgan fingerprint density at radius 1 is 1.22 bits per heavy atom. The summed E-state index contributed by atoms with van der Waals surface area (Å²) in [5.41, 5.74) is 1.41. The van der Waals surface area contributed by atoms with Crippen LogP contribution >= 0.6 is 11.6 Å². The molecule has 0 aliphatic heterocycles. The summed E-state index contributed by atoms with van der Waals surface area (Å²) in [6, 6.07) is 13.0. The molecular weight excluding hydrogens is 314 g/mol. The predicted molar refractivity (Wildman–Crippen MR) is 89.3 cm³/mol. The van der Waals surface area contributed by atoms with Crippen molar-refractivity contribution < 1.29 is 14.3 Å². The topological polar surface area (TPSA) is 47.6 Å². The van der Waals surface area contributed by atoms with Crippen LogP contribution in [0.5, 0.6) is 11.5 Å². The minimum Gasteiger partial charge on any atom is -0.496 e. The van der Waals surface area contributed by atoms with Crippen LogP contribution in [0.25, 0.3) is 0 Å². The number of carbonyl (C=O) groups excluding carboxylic acids is 1. The van der Waals surface area contributed by atoms with E-state index >= 15 is 0 Å². The largest absolute Gasteiger partial charge is 0.496 e. The normalized spacial score (nSPS) is 13.5. The van der Waals surface area contributed by atoms with Gasteiger partial charge in [0.25, 0.3) is 5.91 Å². The Bertz CT molecular complexity index is 713. The quantitative estimate of drug-likeness (QED) is 0.875. The fourth-order valence-electron chi connectivity index (χ4n) is 2.25. The maximum Gasteiger partial charge on any atom is 0.251 e. The fraction of sp³-hybridized carbons (Fsp3) is 0.278. The van der Waals surface area contributed by atoms with Crippen molar-refractivity contribution in [3.05, 3.63) is 58.6 Å². The van der Waals surface area contributed by atoms with E-state index in [2.05, 4.69) is 5.32 Å². The van der Waals surface area contributed by atoms with Gasteiger partial charge in [-0.25, -0.2) is 0 Å². The van der Waals surface area contributed by atoms with Gasteiger partial charge < -0.3 is 14.8 Å². The molecule has 0 radical (unpaired) electrons. The highest BCUT2D eigenvalue weighted by atomic mass is 35.5. The Labute approximate surface area is 140 Å². The third-order valence-electron chi connectivity index (χ3n) is 3.67. The van der Waals surface area contributed by atoms with Crippen molar-refractivity contribution in [3.63, 3.8) is 0 Å². The SMILES string of the molecule is COc1ccc(C(=O)NC2CC2)cc1COc1ccccc1Cl. The molecule has 120 valence electrons. The first-order valence-corrected chi connectivity index (χ1v) is 7.90. The number of benzene rings is 2. The van der Waals surface area contributed by atoms with Crippen LogP contribution in [0.3, 0.4) is 0 Å². The first-order chi connectivity index (χ1) is 11.2. The molecule has 1 amide bonds. The lowest BCUT2D eigenvalue weighted by molar-refractivity contribution is 0.0951. The number of hydrogen-bond acceptors (Lipinski definition) is 3. The molecule has 2 aromatic rings. The molecule has 0 unspecified atom stereocenters. The van der Waals surface area contributed by atoms with Crippen molar-refractivity contribution in [2.45, 2.75) is 25.5 Å². The summed E-state index contributed by atoms with van der Waals surface area (Å²) in [5, 5.41) is 3.53. The molecule has 4 nitrogen and oxygen atoms in total. The molecular formula is C18H18ClNO3. The van der Waals surface area contributed by atoms with Crippen molar-refractivity contribution in [2.24, 2.45) is 0 Å². The molecule has 23 heavy (non-hydrogen) atoms. The summed E-state index contributed by atoms with van der Waals surface area (Å²) in [6.07, 6.45) is 2.12. The van der Waals surface area contributed by atoms with Crippen LogP contribution in [-0.4, -0.2) is 19.1 Å². The number of amides is 1. The van der Waals surface area contributed by atoms with Gasteiger partial charge in [-0.1, -0.05) is 23.7 Å². The summed E-state index contributed by atoms with van der Waals surface area (Å²) >= 11 is 6.09.